The summed E-state index contributed by atoms with van der Waals surface area (Å²) in [5.74, 6) is 1.60. The average Bonchev–Trinajstić information content (AvgIpc) is 2.68. The molecule has 0 amide bonds. The van der Waals surface area contributed by atoms with E-state index in [9.17, 15) is 4.79 Å². The first-order valence-corrected chi connectivity index (χ1v) is 9.84. The van der Waals surface area contributed by atoms with Gasteiger partial charge in [0, 0.05) is 30.5 Å². The van der Waals surface area contributed by atoms with Crippen molar-refractivity contribution < 1.29 is 4.74 Å². The summed E-state index contributed by atoms with van der Waals surface area (Å²) in [6.07, 6.45) is 0.568. The summed E-state index contributed by atoms with van der Waals surface area (Å²) in [5.41, 5.74) is 5.08. The van der Waals surface area contributed by atoms with Crippen LogP contribution in [0.3, 0.4) is 0 Å². The fourth-order valence-corrected chi connectivity index (χ4v) is 3.81. The van der Waals surface area contributed by atoms with E-state index in [1.807, 2.05) is 31.2 Å². The third-order valence-electron chi connectivity index (χ3n) is 4.58. The molecule has 0 saturated heterocycles. The summed E-state index contributed by atoms with van der Waals surface area (Å²) >= 11 is 1.59. The van der Waals surface area contributed by atoms with Gasteiger partial charge < -0.3 is 4.74 Å². The number of ether oxygens (including phenoxy) is 1. The van der Waals surface area contributed by atoms with Crippen LogP contribution >= 0.6 is 11.8 Å². The van der Waals surface area contributed by atoms with Crippen LogP contribution in [0, 0.1) is 13.8 Å². The van der Waals surface area contributed by atoms with Crippen LogP contribution in [0.2, 0.25) is 0 Å². The first-order chi connectivity index (χ1) is 13.0. The number of aryl methyl sites for hydroxylation is 2. The molecule has 0 saturated carbocycles. The van der Waals surface area contributed by atoms with Crippen LogP contribution < -0.4 is 10.3 Å². The van der Waals surface area contributed by atoms with Gasteiger partial charge in [-0.15, -0.1) is 0 Å². The smallest absolute Gasteiger partial charge is 0.257 e. The van der Waals surface area contributed by atoms with E-state index in [2.05, 4.69) is 31.2 Å². The van der Waals surface area contributed by atoms with Crippen molar-refractivity contribution in [2.45, 2.75) is 31.2 Å². The van der Waals surface area contributed by atoms with E-state index < -0.39 is 0 Å². The maximum atomic E-state index is 12.9. The van der Waals surface area contributed by atoms with Crippen molar-refractivity contribution in [3.05, 3.63) is 86.8 Å². The molecule has 1 heterocycles. The predicted octanol–water partition coefficient (Wildman–Crippen LogP) is 4.29. The van der Waals surface area contributed by atoms with E-state index in [1.54, 1.807) is 30.5 Å². The molecule has 27 heavy (non-hydrogen) atoms. The molecule has 0 aliphatic carbocycles. The van der Waals surface area contributed by atoms with E-state index in [1.165, 1.54) is 11.1 Å². The Morgan fingerprint density at radius 1 is 1.00 bits per heavy atom. The van der Waals surface area contributed by atoms with Crippen molar-refractivity contribution in [2.75, 3.05) is 7.11 Å². The predicted molar refractivity (Wildman–Crippen MR) is 111 cm³/mol. The van der Waals surface area contributed by atoms with Gasteiger partial charge in [-0.25, -0.2) is 4.98 Å². The number of aromatic nitrogens is 2. The highest BCUT2D eigenvalue weighted by atomic mass is 32.2. The van der Waals surface area contributed by atoms with Crippen molar-refractivity contribution in [3.63, 3.8) is 0 Å². The second-order valence-electron chi connectivity index (χ2n) is 6.62. The number of thioether (sulfide) groups is 1. The highest BCUT2D eigenvalue weighted by molar-refractivity contribution is 7.98. The number of nitrogens with zero attached hydrogens (tertiary/aromatic N) is 2. The summed E-state index contributed by atoms with van der Waals surface area (Å²) in [4.78, 5) is 17.6. The minimum atomic E-state index is 0.0183. The molecule has 5 heteroatoms. The standard InChI is InChI=1S/C22H24N2O2S/c1-15-5-7-18(8-6-15)14-27-22-23-16(2)20(21(25)24(22)3)13-17-9-11-19(26-4)12-10-17/h5-12H,13-14H2,1-4H3. The van der Waals surface area contributed by atoms with Crippen LogP contribution in [-0.4, -0.2) is 16.7 Å². The minimum Gasteiger partial charge on any atom is -0.497 e. The van der Waals surface area contributed by atoms with Crippen molar-refractivity contribution in [1.82, 2.24) is 9.55 Å². The highest BCUT2D eigenvalue weighted by Crippen LogP contribution is 2.22. The summed E-state index contributed by atoms with van der Waals surface area (Å²) in [5, 5.41) is 0.747. The van der Waals surface area contributed by atoms with Gasteiger partial charge in [-0.3, -0.25) is 9.36 Å². The zero-order chi connectivity index (χ0) is 19.4. The summed E-state index contributed by atoms with van der Waals surface area (Å²) < 4.78 is 6.85. The van der Waals surface area contributed by atoms with Gasteiger partial charge in [0.25, 0.3) is 5.56 Å². The second kappa shape index (κ2) is 8.44. The van der Waals surface area contributed by atoms with Crippen LogP contribution in [-0.2, 0) is 19.2 Å². The molecule has 4 nitrogen and oxygen atoms in total. The molecular formula is C22H24N2O2S. The van der Waals surface area contributed by atoms with Crippen LogP contribution in [0.4, 0.5) is 0 Å². The van der Waals surface area contributed by atoms with Crippen LogP contribution in [0.15, 0.2) is 58.5 Å². The maximum Gasteiger partial charge on any atom is 0.257 e. The summed E-state index contributed by atoms with van der Waals surface area (Å²) in [6, 6.07) is 16.2. The van der Waals surface area contributed by atoms with E-state index in [4.69, 9.17) is 9.72 Å². The molecule has 0 N–H and O–H groups in total. The van der Waals surface area contributed by atoms with Gasteiger partial charge in [0.2, 0.25) is 0 Å². The molecule has 0 aliphatic rings. The van der Waals surface area contributed by atoms with Gasteiger partial charge in [-0.1, -0.05) is 53.7 Å². The molecule has 0 aliphatic heterocycles. The molecule has 0 bridgehead atoms. The molecule has 0 atom stereocenters. The Bertz CT molecular complexity index is 977. The van der Waals surface area contributed by atoms with Crippen molar-refractivity contribution >= 4 is 11.8 Å². The number of hydrogen-bond acceptors (Lipinski definition) is 4. The normalized spacial score (nSPS) is 10.8. The largest absolute Gasteiger partial charge is 0.497 e. The zero-order valence-electron chi connectivity index (χ0n) is 16.2. The van der Waals surface area contributed by atoms with Gasteiger partial charge in [-0.05, 0) is 37.1 Å². The first-order valence-electron chi connectivity index (χ1n) is 8.85. The van der Waals surface area contributed by atoms with Gasteiger partial charge in [0.15, 0.2) is 5.16 Å². The zero-order valence-corrected chi connectivity index (χ0v) is 17.0. The number of benzene rings is 2. The van der Waals surface area contributed by atoms with Crippen molar-refractivity contribution in [1.29, 1.82) is 0 Å². The van der Waals surface area contributed by atoms with E-state index in [0.29, 0.717) is 6.42 Å². The molecule has 0 radical (unpaired) electrons. The molecular weight excluding hydrogens is 356 g/mol. The third-order valence-corrected chi connectivity index (χ3v) is 5.68. The van der Waals surface area contributed by atoms with Gasteiger partial charge >= 0.3 is 0 Å². The Morgan fingerprint density at radius 3 is 2.26 bits per heavy atom. The second-order valence-corrected chi connectivity index (χ2v) is 7.56. The van der Waals surface area contributed by atoms with Crippen LogP contribution in [0.5, 0.6) is 5.75 Å². The molecule has 140 valence electrons. The Hall–Kier alpha value is -2.53. The van der Waals surface area contributed by atoms with E-state index >= 15 is 0 Å². The van der Waals surface area contributed by atoms with E-state index in [0.717, 1.165) is 33.5 Å². The number of hydrogen-bond donors (Lipinski definition) is 0. The SMILES string of the molecule is COc1ccc(Cc2c(C)nc(SCc3ccc(C)cc3)n(C)c2=O)cc1. The Morgan fingerprint density at radius 2 is 1.63 bits per heavy atom. The molecule has 0 unspecified atom stereocenters. The fraction of sp³-hybridized carbons (Fsp3) is 0.273. The van der Waals surface area contributed by atoms with Gasteiger partial charge in [-0.2, -0.15) is 0 Å². The topological polar surface area (TPSA) is 44.1 Å². The Balaban J connectivity index is 1.80. The summed E-state index contributed by atoms with van der Waals surface area (Å²) in [6.45, 7) is 3.99. The molecule has 2 aromatic carbocycles. The minimum absolute atomic E-state index is 0.0183. The highest BCUT2D eigenvalue weighted by Gasteiger charge is 2.13. The molecule has 0 fully saturated rings. The van der Waals surface area contributed by atoms with Gasteiger partial charge in [0.05, 0.1) is 7.11 Å². The Labute approximate surface area is 164 Å². The lowest BCUT2D eigenvalue weighted by Gasteiger charge is -2.12. The average molecular weight is 381 g/mol. The number of rotatable bonds is 6. The lowest BCUT2D eigenvalue weighted by molar-refractivity contribution is 0.414. The molecule has 3 aromatic rings. The quantitative estimate of drug-likeness (QED) is 0.473. The molecule has 1 aromatic heterocycles. The monoisotopic (exact) mass is 380 g/mol. The first kappa shape index (κ1) is 19.2. The van der Waals surface area contributed by atoms with Crippen LogP contribution in [0.1, 0.15) is 27.9 Å². The number of methoxy groups -OCH3 is 1. The van der Waals surface area contributed by atoms with Gasteiger partial charge in [0.1, 0.15) is 5.75 Å². The summed E-state index contributed by atoms with van der Waals surface area (Å²) in [7, 11) is 3.44. The maximum absolute atomic E-state index is 12.9. The van der Waals surface area contributed by atoms with Crippen molar-refractivity contribution in [2.24, 2.45) is 7.05 Å². The third kappa shape index (κ3) is 4.61. The molecule has 3 rings (SSSR count). The Kier molecular flexibility index (Phi) is 6.01. The molecule has 0 spiro atoms. The lowest BCUT2D eigenvalue weighted by Crippen LogP contribution is -2.25. The van der Waals surface area contributed by atoms with Crippen molar-refractivity contribution in [3.8, 4) is 5.75 Å². The van der Waals surface area contributed by atoms with E-state index in [-0.39, 0.29) is 5.56 Å². The lowest BCUT2D eigenvalue weighted by atomic mass is 10.1. The van der Waals surface area contributed by atoms with Crippen LogP contribution in [0.25, 0.3) is 0 Å². The fourth-order valence-electron chi connectivity index (χ4n) is 2.84.